The Bertz CT molecular complexity index is 1210. The Hall–Kier alpha value is -2.98. The molecule has 0 spiro atoms. The molecule has 2 N–H and O–H groups in total. The molecule has 2 aromatic heterocycles. The van der Waals surface area contributed by atoms with Crippen molar-refractivity contribution in [1.29, 1.82) is 0 Å². The Kier molecular flexibility index (Phi) is 7.01. The molecule has 1 unspecified atom stereocenters. The summed E-state index contributed by atoms with van der Waals surface area (Å²) in [6.45, 7) is 4.54. The summed E-state index contributed by atoms with van der Waals surface area (Å²) in [5.41, 5.74) is 3.09. The number of thiophene rings is 1. The molecule has 1 fully saturated rings. The van der Waals surface area contributed by atoms with E-state index >= 15 is 0 Å². The van der Waals surface area contributed by atoms with Gasteiger partial charge >= 0.3 is 0 Å². The number of halogens is 1. The average Bonchev–Trinajstić information content (AvgIpc) is 3.44. The van der Waals surface area contributed by atoms with Crippen LogP contribution in [0, 0.1) is 0 Å². The average molecular weight is 512 g/mol. The summed E-state index contributed by atoms with van der Waals surface area (Å²) in [5, 5.41) is 13.7. The smallest absolute Gasteiger partial charge is 0.265 e. The molecule has 2 amide bonds. The fourth-order valence-electron chi connectivity index (χ4n) is 4.63. The van der Waals surface area contributed by atoms with Crippen LogP contribution in [0.3, 0.4) is 0 Å². The van der Waals surface area contributed by atoms with E-state index in [4.69, 9.17) is 11.6 Å². The first-order valence-corrected chi connectivity index (χ1v) is 12.7. The number of aliphatic hydroxyl groups excluding tert-OH is 1. The molecule has 0 saturated carbocycles. The summed E-state index contributed by atoms with van der Waals surface area (Å²) >= 11 is 7.15. The van der Waals surface area contributed by atoms with Crippen molar-refractivity contribution in [3.63, 3.8) is 0 Å². The number of benzene rings is 1. The lowest BCUT2D eigenvalue weighted by molar-refractivity contribution is 0.0537. The standard InChI is InChI=1S/C25H26ClN5O3S/c26-23-5-4-22(35-23)24(33)28-21-3-1-2-19-20(21)16-31(25(19)34)15-18(32)14-29-10-12-30(13-11-29)17-6-8-27-9-7-17/h1-9,18,32H,10-16H2,(H,28,33). The monoisotopic (exact) mass is 511 g/mol. The van der Waals surface area contributed by atoms with Gasteiger partial charge in [-0.2, -0.15) is 0 Å². The van der Waals surface area contributed by atoms with Crippen molar-refractivity contribution in [2.75, 3.05) is 49.5 Å². The molecule has 1 atom stereocenters. The van der Waals surface area contributed by atoms with Gasteiger partial charge in [-0.05, 0) is 36.4 Å². The predicted molar refractivity (Wildman–Crippen MR) is 137 cm³/mol. The predicted octanol–water partition coefficient (Wildman–Crippen LogP) is 3.19. The molecular weight excluding hydrogens is 486 g/mol. The van der Waals surface area contributed by atoms with Gasteiger partial charge in [0, 0.05) is 80.7 Å². The van der Waals surface area contributed by atoms with Crippen molar-refractivity contribution in [3.8, 4) is 0 Å². The van der Waals surface area contributed by atoms with Crippen LogP contribution in [0.5, 0.6) is 0 Å². The van der Waals surface area contributed by atoms with Gasteiger partial charge in [0.25, 0.3) is 11.8 Å². The lowest BCUT2D eigenvalue weighted by Crippen LogP contribution is -2.50. The summed E-state index contributed by atoms with van der Waals surface area (Å²) in [6, 6.07) is 12.7. The Morgan fingerprint density at radius 3 is 2.57 bits per heavy atom. The molecule has 0 radical (unpaired) electrons. The third kappa shape index (κ3) is 5.33. The second-order valence-corrected chi connectivity index (χ2v) is 10.4. The van der Waals surface area contributed by atoms with Crippen LogP contribution in [0.15, 0.2) is 54.9 Å². The van der Waals surface area contributed by atoms with E-state index < -0.39 is 6.10 Å². The van der Waals surface area contributed by atoms with E-state index in [9.17, 15) is 14.7 Å². The van der Waals surface area contributed by atoms with E-state index in [1.54, 1.807) is 47.6 Å². The maximum absolute atomic E-state index is 13.0. The van der Waals surface area contributed by atoms with Crippen LogP contribution < -0.4 is 10.2 Å². The van der Waals surface area contributed by atoms with Crippen molar-refractivity contribution < 1.29 is 14.7 Å². The lowest BCUT2D eigenvalue weighted by Gasteiger charge is -2.37. The number of nitrogens with zero attached hydrogens (tertiary/aromatic N) is 4. The zero-order valence-electron chi connectivity index (χ0n) is 19.1. The van der Waals surface area contributed by atoms with Crippen molar-refractivity contribution in [1.82, 2.24) is 14.8 Å². The Morgan fingerprint density at radius 1 is 1.09 bits per heavy atom. The van der Waals surface area contributed by atoms with Crippen LogP contribution in [-0.4, -0.2) is 77.1 Å². The number of carbonyl (C=O) groups excluding carboxylic acids is 2. The maximum atomic E-state index is 13.0. The highest BCUT2D eigenvalue weighted by molar-refractivity contribution is 7.18. The van der Waals surface area contributed by atoms with E-state index in [1.807, 2.05) is 12.1 Å². The molecule has 0 bridgehead atoms. The first-order chi connectivity index (χ1) is 17.0. The molecule has 2 aliphatic rings. The fourth-order valence-corrected chi connectivity index (χ4v) is 5.57. The maximum Gasteiger partial charge on any atom is 0.265 e. The third-order valence-electron chi connectivity index (χ3n) is 6.39. The number of fused-ring (bicyclic) bond motifs is 1. The number of anilines is 2. The van der Waals surface area contributed by atoms with Gasteiger partial charge in [0.15, 0.2) is 0 Å². The molecule has 4 heterocycles. The van der Waals surface area contributed by atoms with E-state index in [-0.39, 0.29) is 18.4 Å². The van der Waals surface area contributed by atoms with Gasteiger partial charge in [0.1, 0.15) is 0 Å². The highest BCUT2D eigenvalue weighted by Crippen LogP contribution is 2.31. The lowest BCUT2D eigenvalue weighted by atomic mass is 10.1. The number of hydrogen-bond acceptors (Lipinski definition) is 7. The van der Waals surface area contributed by atoms with Gasteiger partial charge in [-0.25, -0.2) is 0 Å². The minimum atomic E-state index is -0.660. The number of carbonyl (C=O) groups is 2. The second kappa shape index (κ2) is 10.3. The van der Waals surface area contributed by atoms with E-state index in [0.29, 0.717) is 33.6 Å². The zero-order valence-corrected chi connectivity index (χ0v) is 20.6. The fraction of sp³-hybridized carbons (Fsp3) is 0.320. The van der Waals surface area contributed by atoms with Crippen molar-refractivity contribution in [2.45, 2.75) is 12.6 Å². The number of β-amino-alcohol motifs (C(OH)–C–C–N with tert-alkyl or cyclic N) is 1. The topological polar surface area (TPSA) is 89.0 Å². The largest absolute Gasteiger partial charge is 0.390 e. The SMILES string of the molecule is O=C(Nc1cccc2c1CN(CC(O)CN1CCN(c3ccncc3)CC1)C2=O)c1ccc(Cl)s1. The van der Waals surface area contributed by atoms with Gasteiger partial charge in [-0.3, -0.25) is 19.5 Å². The van der Waals surface area contributed by atoms with Crippen LogP contribution in [0.1, 0.15) is 25.6 Å². The molecule has 3 aromatic rings. The number of aliphatic hydroxyl groups is 1. The van der Waals surface area contributed by atoms with Crippen molar-refractivity contribution >= 4 is 46.1 Å². The molecule has 2 aliphatic heterocycles. The van der Waals surface area contributed by atoms with E-state index in [1.165, 1.54) is 11.3 Å². The Labute approximate surface area is 212 Å². The molecule has 8 nitrogen and oxygen atoms in total. The van der Waals surface area contributed by atoms with Crippen molar-refractivity contribution in [2.24, 2.45) is 0 Å². The van der Waals surface area contributed by atoms with Gasteiger partial charge in [0.2, 0.25) is 0 Å². The quantitative estimate of drug-likeness (QED) is 0.506. The Morgan fingerprint density at radius 2 is 1.86 bits per heavy atom. The van der Waals surface area contributed by atoms with Gasteiger partial charge in [0.05, 0.1) is 15.3 Å². The molecule has 0 aliphatic carbocycles. The molecule has 35 heavy (non-hydrogen) atoms. The molecule has 10 heteroatoms. The first kappa shape index (κ1) is 23.7. The number of pyridine rings is 1. The first-order valence-electron chi connectivity index (χ1n) is 11.5. The normalized spacial score (nSPS) is 16.9. The number of nitrogens with one attached hydrogen (secondary N) is 1. The molecule has 1 aromatic carbocycles. The third-order valence-corrected chi connectivity index (χ3v) is 7.62. The molecule has 1 saturated heterocycles. The van der Waals surface area contributed by atoms with Crippen LogP contribution in [0.25, 0.3) is 0 Å². The number of aromatic nitrogens is 1. The Balaban J connectivity index is 1.16. The molecular formula is C25H26ClN5O3S. The van der Waals surface area contributed by atoms with Gasteiger partial charge in [-0.1, -0.05) is 17.7 Å². The molecule has 182 valence electrons. The van der Waals surface area contributed by atoms with Crippen molar-refractivity contribution in [3.05, 3.63) is 75.2 Å². The number of hydrogen-bond donors (Lipinski definition) is 2. The minimum Gasteiger partial charge on any atom is -0.390 e. The molecule has 5 rings (SSSR count). The van der Waals surface area contributed by atoms with Crippen LogP contribution in [-0.2, 0) is 6.54 Å². The minimum absolute atomic E-state index is 0.128. The van der Waals surface area contributed by atoms with Crippen LogP contribution in [0.4, 0.5) is 11.4 Å². The number of rotatable bonds is 7. The number of amides is 2. The summed E-state index contributed by atoms with van der Waals surface area (Å²) in [5.74, 6) is -0.385. The second-order valence-electron chi connectivity index (χ2n) is 8.72. The summed E-state index contributed by atoms with van der Waals surface area (Å²) in [4.78, 5) is 36.4. The summed E-state index contributed by atoms with van der Waals surface area (Å²) in [7, 11) is 0. The van der Waals surface area contributed by atoms with Gasteiger partial charge in [-0.15, -0.1) is 11.3 Å². The summed E-state index contributed by atoms with van der Waals surface area (Å²) in [6.07, 6.45) is 2.93. The highest BCUT2D eigenvalue weighted by atomic mass is 35.5. The van der Waals surface area contributed by atoms with E-state index in [0.717, 1.165) is 37.4 Å². The number of piperazine rings is 1. The zero-order chi connectivity index (χ0) is 24.4. The van der Waals surface area contributed by atoms with Crippen LogP contribution in [0.2, 0.25) is 4.34 Å². The summed E-state index contributed by atoms with van der Waals surface area (Å²) < 4.78 is 0.544. The van der Waals surface area contributed by atoms with E-state index in [2.05, 4.69) is 20.1 Å². The van der Waals surface area contributed by atoms with Gasteiger partial charge < -0.3 is 20.2 Å². The van der Waals surface area contributed by atoms with Crippen LogP contribution >= 0.6 is 22.9 Å². The highest BCUT2D eigenvalue weighted by Gasteiger charge is 2.31.